The molecule has 1 aliphatic rings. The van der Waals surface area contributed by atoms with Crippen molar-refractivity contribution in [2.45, 2.75) is 36.2 Å². The van der Waals surface area contributed by atoms with Gasteiger partial charge in [0.05, 0.1) is 0 Å². The quantitative estimate of drug-likeness (QED) is 0.665. The van der Waals surface area contributed by atoms with Crippen molar-refractivity contribution in [1.82, 2.24) is 5.32 Å². The molecule has 1 saturated carbocycles. The maximum atomic E-state index is 10.9. The Morgan fingerprint density at radius 3 is 2.50 bits per heavy atom. The van der Waals surface area contributed by atoms with E-state index in [0.717, 1.165) is 0 Å². The highest BCUT2D eigenvalue weighted by Gasteiger charge is 2.41. The van der Waals surface area contributed by atoms with Crippen molar-refractivity contribution in [3.63, 3.8) is 0 Å². The molecule has 3 nitrogen and oxygen atoms in total. The van der Waals surface area contributed by atoms with Gasteiger partial charge in [-0.1, -0.05) is 0 Å². The van der Waals surface area contributed by atoms with E-state index >= 15 is 0 Å². The molecule has 2 N–H and O–H groups in total. The topological polar surface area (TPSA) is 49.3 Å². The molecule has 1 rings (SSSR count). The molecule has 12 heavy (non-hydrogen) atoms. The van der Waals surface area contributed by atoms with E-state index in [1.165, 1.54) is 6.92 Å². The van der Waals surface area contributed by atoms with Crippen LogP contribution in [0.4, 0.5) is 0 Å². The van der Waals surface area contributed by atoms with Crippen LogP contribution in [0.3, 0.4) is 0 Å². The van der Waals surface area contributed by atoms with Crippen LogP contribution >= 0.6 is 23.2 Å². The van der Waals surface area contributed by atoms with Gasteiger partial charge < -0.3 is 10.4 Å². The van der Waals surface area contributed by atoms with Crippen LogP contribution in [-0.4, -0.2) is 27.5 Å². The molecule has 1 atom stereocenters. The molecule has 1 fully saturated rings. The highest BCUT2D eigenvalue weighted by Crippen LogP contribution is 2.42. The van der Waals surface area contributed by atoms with Crippen LogP contribution in [0, 0.1) is 0 Å². The third kappa shape index (κ3) is 2.51. The molecule has 70 valence electrons. The highest BCUT2D eigenvalue weighted by molar-refractivity contribution is 6.49. The first-order chi connectivity index (χ1) is 5.41. The second kappa shape index (κ2) is 3.40. The Balaban J connectivity index is 2.23. The van der Waals surface area contributed by atoms with Gasteiger partial charge in [0.15, 0.2) is 0 Å². The van der Waals surface area contributed by atoms with Crippen LogP contribution in [0.5, 0.6) is 0 Å². The van der Waals surface area contributed by atoms with Crippen molar-refractivity contribution in [2.75, 3.05) is 0 Å². The van der Waals surface area contributed by atoms with Crippen LogP contribution in [0.15, 0.2) is 0 Å². The fourth-order valence-electron chi connectivity index (χ4n) is 1.09. The summed E-state index contributed by atoms with van der Waals surface area (Å²) in [5.41, 5.74) is 0. The fourth-order valence-corrected chi connectivity index (χ4v) is 1.83. The molecule has 0 spiro atoms. The zero-order valence-corrected chi connectivity index (χ0v) is 8.19. The molecule has 0 aromatic heterocycles. The summed E-state index contributed by atoms with van der Waals surface area (Å²) in [5, 5.41) is 11.5. The second-order valence-corrected chi connectivity index (χ2v) is 4.79. The number of nitrogens with one attached hydrogen (secondary N) is 1. The van der Waals surface area contributed by atoms with Gasteiger partial charge in [-0.2, -0.15) is 0 Å². The van der Waals surface area contributed by atoms with Crippen molar-refractivity contribution >= 4 is 29.1 Å². The van der Waals surface area contributed by atoms with Crippen molar-refractivity contribution in [1.29, 1.82) is 0 Å². The predicted molar refractivity (Wildman–Crippen MR) is 47.3 cm³/mol. The molecule has 0 aromatic rings. The number of alkyl halides is 2. The van der Waals surface area contributed by atoms with E-state index in [1.54, 1.807) is 0 Å². The number of halogens is 2. The van der Waals surface area contributed by atoms with Crippen LogP contribution in [0.2, 0.25) is 0 Å². The summed E-state index contributed by atoms with van der Waals surface area (Å²) >= 11 is 11.4. The zero-order valence-electron chi connectivity index (χ0n) is 6.68. The molecule has 1 amide bonds. The molecule has 5 heteroatoms. The van der Waals surface area contributed by atoms with Gasteiger partial charge in [0.25, 0.3) is 0 Å². The minimum Gasteiger partial charge on any atom is -0.384 e. The van der Waals surface area contributed by atoms with E-state index in [9.17, 15) is 4.79 Å². The SMILES string of the molecule is C[C@H](O)C(=O)NC1CC(Cl)(Cl)C1. The third-order valence-electron chi connectivity index (χ3n) is 1.82. The predicted octanol–water partition coefficient (Wildman–Crippen LogP) is 0.820. The summed E-state index contributed by atoms with van der Waals surface area (Å²) in [7, 11) is 0. The number of rotatable bonds is 2. The summed E-state index contributed by atoms with van der Waals surface area (Å²) in [5.74, 6) is -0.371. The van der Waals surface area contributed by atoms with Gasteiger partial charge in [-0.3, -0.25) is 4.79 Å². The number of hydrogen-bond acceptors (Lipinski definition) is 2. The third-order valence-corrected chi connectivity index (χ3v) is 2.43. The van der Waals surface area contributed by atoms with E-state index in [-0.39, 0.29) is 11.9 Å². The van der Waals surface area contributed by atoms with Crippen molar-refractivity contribution in [2.24, 2.45) is 0 Å². The van der Waals surface area contributed by atoms with E-state index in [4.69, 9.17) is 28.3 Å². The summed E-state index contributed by atoms with van der Waals surface area (Å²) in [6.45, 7) is 1.42. The van der Waals surface area contributed by atoms with Gasteiger partial charge in [0, 0.05) is 18.9 Å². The number of hydrogen-bond donors (Lipinski definition) is 2. The molecule has 0 aromatic carbocycles. The van der Waals surface area contributed by atoms with Crippen molar-refractivity contribution < 1.29 is 9.90 Å². The molecule has 1 aliphatic carbocycles. The van der Waals surface area contributed by atoms with E-state index in [1.807, 2.05) is 0 Å². The van der Waals surface area contributed by atoms with Crippen LogP contribution in [0.25, 0.3) is 0 Å². The monoisotopic (exact) mass is 211 g/mol. The minimum atomic E-state index is -0.967. The standard InChI is InChI=1S/C7H11Cl2NO2/c1-4(11)6(12)10-5-2-7(8,9)3-5/h4-5,11H,2-3H2,1H3,(H,10,12)/t4-/m0/s1. The average molecular weight is 212 g/mol. The van der Waals surface area contributed by atoms with Gasteiger partial charge in [-0.25, -0.2) is 0 Å². The van der Waals surface area contributed by atoms with Gasteiger partial charge in [0.1, 0.15) is 10.4 Å². The lowest BCUT2D eigenvalue weighted by Crippen LogP contribution is -2.51. The Labute approximate surface area is 81.0 Å². The van der Waals surface area contributed by atoms with E-state index < -0.39 is 10.4 Å². The van der Waals surface area contributed by atoms with E-state index in [2.05, 4.69) is 5.32 Å². The number of carbonyl (C=O) groups excluding carboxylic acids is 1. The lowest BCUT2D eigenvalue weighted by atomic mass is 9.91. The maximum absolute atomic E-state index is 10.9. The highest BCUT2D eigenvalue weighted by atomic mass is 35.5. The van der Waals surface area contributed by atoms with Crippen LogP contribution in [-0.2, 0) is 4.79 Å². The minimum absolute atomic E-state index is 0.0158. The first kappa shape index (κ1) is 10.1. The number of carbonyl (C=O) groups is 1. The Morgan fingerprint density at radius 1 is 1.67 bits per heavy atom. The smallest absolute Gasteiger partial charge is 0.248 e. The Bertz CT molecular complexity index is 186. The maximum Gasteiger partial charge on any atom is 0.248 e. The first-order valence-electron chi connectivity index (χ1n) is 3.77. The lowest BCUT2D eigenvalue weighted by molar-refractivity contribution is -0.129. The summed E-state index contributed by atoms with van der Waals surface area (Å²) in [6, 6.07) is 0.0158. The van der Waals surface area contributed by atoms with Gasteiger partial charge in [0.2, 0.25) is 5.91 Å². The molecule has 0 radical (unpaired) electrons. The number of aliphatic hydroxyl groups excluding tert-OH is 1. The van der Waals surface area contributed by atoms with Crippen LogP contribution < -0.4 is 5.32 Å². The average Bonchev–Trinajstić information content (AvgIpc) is 1.83. The first-order valence-corrected chi connectivity index (χ1v) is 4.52. The summed E-state index contributed by atoms with van der Waals surface area (Å²) < 4.78 is -0.684. The summed E-state index contributed by atoms with van der Waals surface area (Å²) in [6.07, 6.45) is 0.133. The molecule has 0 saturated heterocycles. The molecular formula is C7H11Cl2NO2. The zero-order chi connectivity index (χ0) is 9.35. The number of aliphatic hydroxyl groups is 1. The van der Waals surface area contributed by atoms with Crippen molar-refractivity contribution in [3.05, 3.63) is 0 Å². The van der Waals surface area contributed by atoms with Crippen molar-refractivity contribution in [3.8, 4) is 0 Å². The molecule has 0 aliphatic heterocycles. The van der Waals surface area contributed by atoms with E-state index in [0.29, 0.717) is 12.8 Å². The summed E-state index contributed by atoms with van der Waals surface area (Å²) in [4.78, 5) is 10.9. The molecule has 0 bridgehead atoms. The fraction of sp³-hybridized carbons (Fsp3) is 0.857. The van der Waals surface area contributed by atoms with Crippen LogP contribution in [0.1, 0.15) is 19.8 Å². The normalized spacial score (nSPS) is 24.3. The lowest BCUT2D eigenvalue weighted by Gasteiger charge is -2.38. The second-order valence-electron chi connectivity index (χ2n) is 3.15. The largest absolute Gasteiger partial charge is 0.384 e. The van der Waals surface area contributed by atoms with Gasteiger partial charge >= 0.3 is 0 Å². The Morgan fingerprint density at radius 2 is 2.17 bits per heavy atom. The molecule has 0 heterocycles. The Kier molecular flexibility index (Phi) is 2.86. The molecule has 0 unspecified atom stereocenters. The molecular weight excluding hydrogens is 201 g/mol. The van der Waals surface area contributed by atoms with Gasteiger partial charge in [-0.15, -0.1) is 23.2 Å². The van der Waals surface area contributed by atoms with Gasteiger partial charge in [-0.05, 0) is 6.92 Å². The number of amides is 1. The Hall–Kier alpha value is 0.01000.